The van der Waals surface area contributed by atoms with Crippen molar-refractivity contribution in [2.45, 2.75) is 26.2 Å². The standard InChI is InChI=1S/C10H19N3O/c1-9-10(8-13(2)12-9)11-6-4-3-5-7-14/h8,11,14H,3-7H2,1-2H3. The van der Waals surface area contributed by atoms with Gasteiger partial charge in [-0.1, -0.05) is 0 Å². The third-order valence-corrected chi connectivity index (χ3v) is 2.16. The van der Waals surface area contributed by atoms with Crippen molar-refractivity contribution in [3.8, 4) is 0 Å². The van der Waals surface area contributed by atoms with Gasteiger partial charge in [0.15, 0.2) is 0 Å². The van der Waals surface area contributed by atoms with Gasteiger partial charge in [-0.05, 0) is 26.2 Å². The van der Waals surface area contributed by atoms with E-state index in [4.69, 9.17) is 5.11 Å². The van der Waals surface area contributed by atoms with Crippen molar-refractivity contribution >= 4 is 5.69 Å². The highest BCUT2D eigenvalue weighted by Gasteiger charge is 2.00. The number of aliphatic hydroxyl groups is 1. The molecule has 0 aliphatic rings. The summed E-state index contributed by atoms with van der Waals surface area (Å²) >= 11 is 0. The fourth-order valence-electron chi connectivity index (χ4n) is 1.41. The van der Waals surface area contributed by atoms with Crippen LogP contribution in [-0.2, 0) is 7.05 Å². The smallest absolute Gasteiger partial charge is 0.0824 e. The number of hydrogen-bond acceptors (Lipinski definition) is 3. The zero-order valence-corrected chi connectivity index (χ0v) is 8.95. The minimum Gasteiger partial charge on any atom is -0.396 e. The van der Waals surface area contributed by atoms with Crippen LogP contribution in [0, 0.1) is 6.92 Å². The molecule has 1 heterocycles. The Morgan fingerprint density at radius 3 is 2.79 bits per heavy atom. The lowest BCUT2D eigenvalue weighted by Gasteiger charge is -2.03. The van der Waals surface area contributed by atoms with Crippen molar-refractivity contribution in [1.29, 1.82) is 0 Å². The van der Waals surface area contributed by atoms with Gasteiger partial charge in [0.25, 0.3) is 0 Å². The molecule has 2 N–H and O–H groups in total. The summed E-state index contributed by atoms with van der Waals surface area (Å²) < 4.78 is 1.81. The highest BCUT2D eigenvalue weighted by Crippen LogP contribution is 2.11. The second-order valence-electron chi connectivity index (χ2n) is 3.51. The van der Waals surface area contributed by atoms with Gasteiger partial charge < -0.3 is 10.4 Å². The lowest BCUT2D eigenvalue weighted by atomic mass is 10.2. The fourth-order valence-corrected chi connectivity index (χ4v) is 1.41. The molecular formula is C10H19N3O. The average molecular weight is 197 g/mol. The van der Waals surface area contributed by atoms with E-state index in [1.54, 1.807) is 0 Å². The van der Waals surface area contributed by atoms with Crippen LogP contribution in [0.3, 0.4) is 0 Å². The van der Waals surface area contributed by atoms with Crippen molar-refractivity contribution in [1.82, 2.24) is 9.78 Å². The van der Waals surface area contributed by atoms with E-state index in [9.17, 15) is 0 Å². The van der Waals surface area contributed by atoms with Crippen molar-refractivity contribution in [3.63, 3.8) is 0 Å². The van der Waals surface area contributed by atoms with Crippen molar-refractivity contribution in [3.05, 3.63) is 11.9 Å². The maximum Gasteiger partial charge on any atom is 0.0824 e. The summed E-state index contributed by atoms with van der Waals surface area (Å²) in [5.41, 5.74) is 2.14. The molecule has 0 spiro atoms. The molecular weight excluding hydrogens is 178 g/mol. The van der Waals surface area contributed by atoms with Crippen LogP contribution in [0.25, 0.3) is 0 Å². The lowest BCUT2D eigenvalue weighted by Crippen LogP contribution is -2.02. The van der Waals surface area contributed by atoms with Gasteiger partial charge in [-0.15, -0.1) is 0 Å². The van der Waals surface area contributed by atoms with Gasteiger partial charge in [-0.2, -0.15) is 5.10 Å². The first-order valence-corrected chi connectivity index (χ1v) is 5.09. The van der Waals surface area contributed by atoms with Gasteiger partial charge in [-0.25, -0.2) is 0 Å². The van der Waals surface area contributed by atoms with Crippen LogP contribution in [0.2, 0.25) is 0 Å². The highest BCUT2D eigenvalue weighted by molar-refractivity contribution is 5.45. The summed E-state index contributed by atoms with van der Waals surface area (Å²) in [5, 5.41) is 16.2. The van der Waals surface area contributed by atoms with E-state index in [2.05, 4.69) is 10.4 Å². The van der Waals surface area contributed by atoms with E-state index in [0.29, 0.717) is 6.61 Å². The number of aryl methyl sites for hydroxylation is 2. The largest absolute Gasteiger partial charge is 0.396 e. The molecule has 0 bridgehead atoms. The Labute approximate surface area is 84.9 Å². The number of aliphatic hydroxyl groups excluding tert-OH is 1. The lowest BCUT2D eigenvalue weighted by molar-refractivity contribution is 0.283. The highest BCUT2D eigenvalue weighted by atomic mass is 16.2. The van der Waals surface area contributed by atoms with E-state index < -0.39 is 0 Å². The number of rotatable bonds is 6. The van der Waals surface area contributed by atoms with E-state index in [0.717, 1.165) is 37.2 Å². The van der Waals surface area contributed by atoms with Crippen LogP contribution in [0.15, 0.2) is 6.20 Å². The second-order valence-corrected chi connectivity index (χ2v) is 3.51. The Balaban J connectivity index is 2.21. The monoisotopic (exact) mass is 197 g/mol. The number of aromatic nitrogens is 2. The molecule has 0 radical (unpaired) electrons. The van der Waals surface area contributed by atoms with E-state index in [1.165, 1.54) is 0 Å². The molecule has 0 saturated heterocycles. The van der Waals surface area contributed by atoms with Gasteiger partial charge in [0.05, 0.1) is 11.4 Å². The van der Waals surface area contributed by atoms with Gasteiger partial charge in [-0.3, -0.25) is 4.68 Å². The minimum absolute atomic E-state index is 0.298. The maximum absolute atomic E-state index is 8.60. The summed E-state index contributed by atoms with van der Waals surface area (Å²) in [5.74, 6) is 0. The zero-order chi connectivity index (χ0) is 10.4. The van der Waals surface area contributed by atoms with Gasteiger partial charge >= 0.3 is 0 Å². The van der Waals surface area contributed by atoms with Crippen molar-refractivity contribution in [2.24, 2.45) is 7.05 Å². The summed E-state index contributed by atoms with van der Waals surface area (Å²) in [6, 6.07) is 0. The van der Waals surface area contributed by atoms with Crippen molar-refractivity contribution in [2.75, 3.05) is 18.5 Å². The third kappa shape index (κ3) is 3.38. The zero-order valence-electron chi connectivity index (χ0n) is 8.95. The van der Waals surface area contributed by atoms with Gasteiger partial charge in [0.1, 0.15) is 0 Å². The summed E-state index contributed by atoms with van der Waals surface area (Å²) in [6.45, 7) is 3.24. The number of hydrogen-bond donors (Lipinski definition) is 2. The van der Waals surface area contributed by atoms with Gasteiger partial charge in [0, 0.05) is 26.4 Å². The molecule has 14 heavy (non-hydrogen) atoms. The summed E-state index contributed by atoms with van der Waals surface area (Å²) in [6.07, 6.45) is 5.05. The normalized spacial score (nSPS) is 10.5. The molecule has 0 atom stereocenters. The Morgan fingerprint density at radius 2 is 2.21 bits per heavy atom. The van der Waals surface area contributed by atoms with E-state index >= 15 is 0 Å². The molecule has 0 amide bonds. The SMILES string of the molecule is Cc1nn(C)cc1NCCCCCO. The summed E-state index contributed by atoms with van der Waals surface area (Å²) in [4.78, 5) is 0. The topological polar surface area (TPSA) is 50.1 Å². The Hall–Kier alpha value is -1.03. The molecule has 0 saturated carbocycles. The number of anilines is 1. The molecule has 0 unspecified atom stereocenters. The minimum atomic E-state index is 0.298. The number of nitrogens with zero attached hydrogens (tertiary/aromatic N) is 2. The molecule has 4 nitrogen and oxygen atoms in total. The number of unbranched alkanes of at least 4 members (excludes halogenated alkanes) is 2. The Kier molecular flexibility index (Phi) is 4.46. The molecule has 4 heteroatoms. The first-order chi connectivity index (χ1) is 6.74. The van der Waals surface area contributed by atoms with Crippen LogP contribution in [-0.4, -0.2) is 28.0 Å². The van der Waals surface area contributed by atoms with Crippen molar-refractivity contribution < 1.29 is 5.11 Å². The third-order valence-electron chi connectivity index (χ3n) is 2.16. The maximum atomic E-state index is 8.60. The number of nitrogens with one attached hydrogen (secondary N) is 1. The van der Waals surface area contributed by atoms with E-state index in [-0.39, 0.29) is 0 Å². The predicted molar refractivity (Wildman–Crippen MR) is 57.4 cm³/mol. The molecule has 80 valence electrons. The fraction of sp³-hybridized carbons (Fsp3) is 0.700. The summed E-state index contributed by atoms with van der Waals surface area (Å²) in [7, 11) is 1.92. The molecule has 0 fully saturated rings. The van der Waals surface area contributed by atoms with Crippen LogP contribution < -0.4 is 5.32 Å². The first kappa shape index (κ1) is 11.0. The molecule has 1 rings (SSSR count). The molecule has 0 aliphatic heterocycles. The van der Waals surface area contributed by atoms with Gasteiger partial charge in [0.2, 0.25) is 0 Å². The molecule has 1 aromatic heterocycles. The first-order valence-electron chi connectivity index (χ1n) is 5.09. The Bertz CT molecular complexity index is 270. The molecule has 0 aromatic carbocycles. The van der Waals surface area contributed by atoms with Crippen LogP contribution >= 0.6 is 0 Å². The average Bonchev–Trinajstić information content (AvgIpc) is 2.45. The van der Waals surface area contributed by atoms with E-state index in [1.807, 2.05) is 24.9 Å². The second kappa shape index (κ2) is 5.65. The van der Waals surface area contributed by atoms with Crippen LogP contribution in [0.4, 0.5) is 5.69 Å². The Morgan fingerprint density at radius 1 is 1.43 bits per heavy atom. The van der Waals surface area contributed by atoms with Crippen LogP contribution in [0.1, 0.15) is 25.0 Å². The van der Waals surface area contributed by atoms with Crippen LogP contribution in [0.5, 0.6) is 0 Å². The predicted octanol–water partition coefficient (Wildman–Crippen LogP) is 1.30. The quantitative estimate of drug-likeness (QED) is 0.676. The molecule has 1 aromatic rings. The molecule has 0 aliphatic carbocycles.